The summed E-state index contributed by atoms with van der Waals surface area (Å²) in [6, 6.07) is 24.5. The number of aryl methyl sites for hydroxylation is 4. The van der Waals surface area contributed by atoms with E-state index < -0.39 is 131 Å². The summed E-state index contributed by atoms with van der Waals surface area (Å²) in [7, 11) is 0. The molecule has 9 aromatic carbocycles. The standard InChI is InChI=1S/C70H54F12N2O12/c1-31(2)25-45(63(89)95-65(67(71,72)73)68(74,75)76)83-59(85)41-27-47(91-37-17-9-33(5)10-18-37)53-55-49(93-39-21-13-35(7)14-22-39)29-43-52-44(62(88)84(61(43)87)46(26-32(3)4)64(90)96-66(69(77,78)79)70(80,81)82)30-50(94-40-23-15-36(8)16-24-40)56(58(52)55)54-48(92-38-19-11-34(6)12-20-38)28-42(60(83)86)51(41)57(53)54/h9-24,27-32,45-46,65-66H,25-26H2,1-8H3. The average Bonchev–Trinajstić information content (AvgIpc) is 0.672. The monoisotopic (exact) mass is 1340 g/mol. The van der Waals surface area contributed by atoms with E-state index in [4.69, 9.17) is 18.9 Å². The van der Waals surface area contributed by atoms with Crippen LogP contribution in [0.15, 0.2) is 121 Å². The number of ether oxygens (including phenoxy) is 6. The van der Waals surface area contributed by atoms with Crippen LogP contribution in [0.2, 0.25) is 0 Å². The summed E-state index contributed by atoms with van der Waals surface area (Å²) in [5.74, 6) is -13.3. The molecule has 9 aromatic rings. The van der Waals surface area contributed by atoms with Crippen LogP contribution in [0.1, 0.15) is 104 Å². The number of alkyl halides is 12. The molecule has 2 aliphatic rings. The van der Waals surface area contributed by atoms with Crippen LogP contribution < -0.4 is 18.9 Å². The van der Waals surface area contributed by atoms with Crippen LogP contribution in [0, 0.1) is 39.5 Å². The van der Waals surface area contributed by atoms with Gasteiger partial charge in [0.05, 0.1) is 22.3 Å². The number of hydrogen-bond donors (Lipinski definition) is 0. The third-order valence-electron chi connectivity index (χ3n) is 16.2. The van der Waals surface area contributed by atoms with Crippen molar-refractivity contribution in [2.24, 2.45) is 11.8 Å². The largest absolute Gasteiger partial charge is 0.457 e. The van der Waals surface area contributed by atoms with Gasteiger partial charge in [-0.05, 0) is 125 Å². The summed E-state index contributed by atoms with van der Waals surface area (Å²) in [4.78, 5) is 91.9. The quantitative estimate of drug-likeness (QED) is 0.0263. The van der Waals surface area contributed by atoms with Gasteiger partial charge >= 0.3 is 36.6 Å². The summed E-state index contributed by atoms with van der Waals surface area (Å²) < 4.78 is 206. The highest BCUT2D eigenvalue weighted by Crippen LogP contribution is 2.58. The van der Waals surface area contributed by atoms with Crippen LogP contribution in [0.25, 0.3) is 43.1 Å². The number of esters is 2. The molecule has 0 fully saturated rings. The smallest absolute Gasteiger partial charge is 0.434 e. The van der Waals surface area contributed by atoms with Gasteiger partial charge in [-0.2, -0.15) is 52.7 Å². The Morgan fingerprint density at radius 3 is 0.740 bits per heavy atom. The Labute approximate surface area is 537 Å². The van der Waals surface area contributed by atoms with Crippen molar-refractivity contribution < 1.29 is 110 Å². The minimum Gasteiger partial charge on any atom is -0.457 e. The molecule has 500 valence electrons. The minimum atomic E-state index is -6.23. The molecule has 26 heteroatoms. The molecular formula is C70H54F12N2O12. The second kappa shape index (κ2) is 24.6. The van der Waals surface area contributed by atoms with E-state index in [0.717, 1.165) is 24.3 Å². The van der Waals surface area contributed by atoms with Gasteiger partial charge in [0, 0.05) is 43.1 Å². The molecule has 96 heavy (non-hydrogen) atoms. The first-order chi connectivity index (χ1) is 44.9. The molecule has 4 amide bonds. The molecule has 0 aliphatic carbocycles. The zero-order valence-corrected chi connectivity index (χ0v) is 51.8. The Kier molecular flexibility index (Phi) is 17.2. The lowest BCUT2D eigenvalue weighted by Crippen LogP contribution is -2.54. The maximum atomic E-state index is 15.8. The van der Waals surface area contributed by atoms with Crippen molar-refractivity contribution in [3.63, 3.8) is 0 Å². The molecule has 2 aliphatic heterocycles. The molecule has 2 unspecified atom stereocenters. The van der Waals surface area contributed by atoms with Crippen LogP contribution in [0.4, 0.5) is 52.7 Å². The Hall–Kier alpha value is -10.1. The average molecular weight is 1340 g/mol. The molecule has 2 heterocycles. The molecule has 0 saturated heterocycles. The highest BCUT2D eigenvalue weighted by Gasteiger charge is 2.62. The Bertz CT molecular complexity index is 4080. The number of nitrogens with zero attached hydrogens (tertiary/aromatic N) is 2. The van der Waals surface area contributed by atoms with Crippen molar-refractivity contribution in [1.29, 1.82) is 0 Å². The summed E-state index contributed by atoms with van der Waals surface area (Å²) in [5.41, 5.74) is 0.668. The van der Waals surface area contributed by atoms with Crippen molar-refractivity contribution in [1.82, 2.24) is 9.80 Å². The van der Waals surface area contributed by atoms with E-state index in [1.807, 2.05) is 0 Å². The molecule has 0 saturated carbocycles. The predicted octanol–water partition coefficient (Wildman–Crippen LogP) is 18.2. The van der Waals surface area contributed by atoms with E-state index in [-0.39, 0.29) is 98.9 Å². The Morgan fingerprint density at radius 1 is 0.344 bits per heavy atom. The van der Waals surface area contributed by atoms with Gasteiger partial charge in [0.25, 0.3) is 35.8 Å². The number of carbonyl (C=O) groups excluding carboxylic acids is 6. The Morgan fingerprint density at radius 2 is 0.552 bits per heavy atom. The SMILES string of the molecule is Cc1ccc(Oc2cc3c4c(cc(Oc5ccc(C)cc5)c5c6c(Oc7ccc(C)cc7)cc7c8c(cc(Oc9ccc(C)cc9)c(c2c45)c86)C(=O)N(C(CC(C)C)C(=O)OC(C(F)(F)F)C(F)(F)F)C7=O)C(=O)N(C(CC(C)C)C(=O)OC(C(F)(F)F)C(F)(F)F)C3=O)cc1. The van der Waals surface area contributed by atoms with Gasteiger partial charge in [-0.1, -0.05) is 98.5 Å². The number of halogens is 12. The fraction of sp³-hybridized carbons (Fsp3) is 0.286. The van der Waals surface area contributed by atoms with Gasteiger partial charge in [-0.15, -0.1) is 0 Å². The molecular weight excluding hydrogens is 1290 g/mol. The molecule has 14 nitrogen and oxygen atoms in total. The number of hydrogen-bond acceptors (Lipinski definition) is 12. The van der Waals surface area contributed by atoms with Gasteiger partial charge in [0.1, 0.15) is 58.1 Å². The summed E-state index contributed by atoms with van der Waals surface area (Å²) in [6.07, 6.45) is -35.8. The van der Waals surface area contributed by atoms with E-state index in [0.29, 0.717) is 22.3 Å². The Balaban J connectivity index is 1.32. The van der Waals surface area contributed by atoms with E-state index in [9.17, 15) is 62.3 Å². The lowest BCUT2D eigenvalue weighted by Gasteiger charge is -2.36. The van der Waals surface area contributed by atoms with Crippen molar-refractivity contribution >= 4 is 78.7 Å². The molecule has 0 radical (unpaired) electrons. The lowest BCUT2D eigenvalue weighted by atomic mass is 9.80. The molecule has 2 atom stereocenters. The van der Waals surface area contributed by atoms with Gasteiger partial charge in [0.2, 0.25) is 0 Å². The second-order valence-electron chi connectivity index (χ2n) is 24.4. The number of fused-ring (bicyclic) bond motifs is 2. The molecule has 0 bridgehead atoms. The van der Waals surface area contributed by atoms with Crippen LogP contribution >= 0.6 is 0 Å². The third-order valence-corrected chi connectivity index (χ3v) is 16.2. The number of rotatable bonds is 18. The number of amides is 4. The van der Waals surface area contributed by atoms with Gasteiger partial charge in [-0.25, -0.2) is 9.59 Å². The zero-order chi connectivity index (χ0) is 69.7. The normalized spacial score (nSPS) is 14.5. The van der Waals surface area contributed by atoms with Crippen LogP contribution in [-0.4, -0.2) is 94.4 Å². The van der Waals surface area contributed by atoms with Crippen molar-refractivity contribution in [3.05, 3.63) is 166 Å². The summed E-state index contributed by atoms with van der Waals surface area (Å²) in [6.45, 7) is 12.6. The topological polar surface area (TPSA) is 164 Å². The van der Waals surface area contributed by atoms with Crippen molar-refractivity contribution in [2.75, 3.05) is 0 Å². The molecule has 11 rings (SSSR count). The highest BCUT2D eigenvalue weighted by atomic mass is 19.4. The third kappa shape index (κ3) is 12.6. The van der Waals surface area contributed by atoms with E-state index in [2.05, 4.69) is 9.47 Å². The summed E-state index contributed by atoms with van der Waals surface area (Å²) >= 11 is 0. The van der Waals surface area contributed by atoms with Gasteiger partial charge in [-0.3, -0.25) is 29.0 Å². The number of benzene rings is 9. The number of carbonyl (C=O) groups is 6. The first kappa shape index (κ1) is 67.3. The first-order valence-corrected chi connectivity index (χ1v) is 29.7. The first-order valence-electron chi connectivity index (χ1n) is 29.7. The summed E-state index contributed by atoms with van der Waals surface area (Å²) in [5, 5.41) is -1.49. The van der Waals surface area contributed by atoms with Crippen LogP contribution in [-0.2, 0) is 19.1 Å². The zero-order valence-electron chi connectivity index (χ0n) is 51.8. The maximum absolute atomic E-state index is 15.8. The van der Waals surface area contributed by atoms with E-state index in [1.165, 1.54) is 76.2 Å². The second-order valence-corrected chi connectivity index (χ2v) is 24.4. The highest BCUT2D eigenvalue weighted by molar-refractivity contribution is 6.45. The van der Waals surface area contributed by atoms with Crippen molar-refractivity contribution in [3.8, 4) is 46.0 Å². The van der Waals surface area contributed by atoms with Gasteiger partial charge < -0.3 is 28.4 Å². The maximum Gasteiger partial charge on any atom is 0.434 e. The molecule has 0 spiro atoms. The van der Waals surface area contributed by atoms with Crippen LogP contribution in [0.5, 0.6) is 46.0 Å². The predicted molar refractivity (Wildman–Crippen MR) is 324 cm³/mol. The van der Waals surface area contributed by atoms with E-state index >= 15 is 19.2 Å². The van der Waals surface area contributed by atoms with Crippen molar-refractivity contribution in [2.45, 2.75) is 117 Å². The van der Waals surface area contributed by atoms with Crippen LogP contribution in [0.3, 0.4) is 0 Å². The minimum absolute atomic E-state index is 0.0281. The van der Waals surface area contributed by atoms with E-state index in [1.54, 1.807) is 76.2 Å². The number of imide groups is 2. The fourth-order valence-corrected chi connectivity index (χ4v) is 11.9. The van der Waals surface area contributed by atoms with Gasteiger partial charge in [0.15, 0.2) is 0 Å². The molecule has 0 N–H and O–H groups in total. The lowest BCUT2D eigenvalue weighted by molar-refractivity contribution is -0.314. The molecule has 0 aromatic heterocycles. The fourth-order valence-electron chi connectivity index (χ4n) is 11.9.